The molecule has 2 aliphatic rings. The van der Waals surface area contributed by atoms with Crippen molar-refractivity contribution in [3.05, 3.63) is 60.2 Å². The van der Waals surface area contributed by atoms with Gasteiger partial charge in [0.2, 0.25) is 10.0 Å². The van der Waals surface area contributed by atoms with Crippen molar-refractivity contribution >= 4 is 21.8 Å². The molecule has 0 bridgehead atoms. The van der Waals surface area contributed by atoms with Crippen LogP contribution in [0.1, 0.15) is 23.2 Å². The van der Waals surface area contributed by atoms with Crippen molar-refractivity contribution in [1.82, 2.24) is 14.7 Å². The Balaban J connectivity index is 1.67. The van der Waals surface area contributed by atoms with Gasteiger partial charge in [-0.2, -0.15) is 4.31 Å². The monoisotopic (exact) mass is 459 g/mol. The summed E-state index contributed by atoms with van der Waals surface area (Å²) in [5.41, 5.74) is 2.13. The van der Waals surface area contributed by atoms with Gasteiger partial charge in [0, 0.05) is 24.7 Å². The molecule has 2 fully saturated rings. The van der Waals surface area contributed by atoms with Gasteiger partial charge in [-0.3, -0.25) is 14.8 Å². The lowest BCUT2D eigenvalue weighted by molar-refractivity contribution is -0.132. The number of ether oxygens (including phenoxy) is 1. The molecule has 2 aromatic rings. The van der Waals surface area contributed by atoms with E-state index in [0.29, 0.717) is 24.3 Å². The van der Waals surface area contributed by atoms with E-state index in [1.54, 1.807) is 34.6 Å². The number of carbonyl (C=O) groups is 2. The summed E-state index contributed by atoms with van der Waals surface area (Å²) >= 11 is 0. The van der Waals surface area contributed by atoms with Crippen molar-refractivity contribution < 1.29 is 28.0 Å². The Bertz CT molecular complexity index is 1090. The van der Waals surface area contributed by atoms with E-state index >= 15 is 0 Å². The highest BCUT2D eigenvalue weighted by molar-refractivity contribution is 7.89. The molecule has 2 aromatic carbocycles. The molecule has 2 saturated heterocycles. The van der Waals surface area contributed by atoms with Crippen LogP contribution >= 0.6 is 0 Å². The van der Waals surface area contributed by atoms with Crippen molar-refractivity contribution in [3.8, 4) is 5.75 Å². The number of carbonyl (C=O) groups excluding carboxylic acids is 2. The molecule has 2 amide bonds. The number of nitrogens with one attached hydrogen (secondary N) is 1. The standard InChI is InChI=1S/C22H25N3O6S/c1-31-17-7-9-18(10-8-17)32(29,30)25-19(21(26)23-28)13-16-11-12-24(14-20(16)25)22(27)15-5-3-2-4-6-15/h2-10,16,19-20,28H,11-14H2,1H3,(H,23,26)/t16-,19-,20-/m0/s1. The first-order valence-electron chi connectivity index (χ1n) is 10.3. The van der Waals surface area contributed by atoms with Crippen LogP contribution < -0.4 is 10.2 Å². The van der Waals surface area contributed by atoms with Gasteiger partial charge >= 0.3 is 0 Å². The molecule has 2 heterocycles. The summed E-state index contributed by atoms with van der Waals surface area (Å²) < 4.78 is 33.4. The summed E-state index contributed by atoms with van der Waals surface area (Å²) in [6.45, 7) is 0.641. The lowest BCUT2D eigenvalue weighted by Gasteiger charge is -2.38. The summed E-state index contributed by atoms with van der Waals surface area (Å²) in [6.07, 6.45) is 0.840. The van der Waals surface area contributed by atoms with E-state index < -0.39 is 28.0 Å². The largest absolute Gasteiger partial charge is 0.497 e. The first kappa shape index (κ1) is 22.3. The fourth-order valence-electron chi connectivity index (χ4n) is 4.63. The molecule has 3 atom stereocenters. The highest BCUT2D eigenvalue weighted by Crippen LogP contribution is 2.40. The van der Waals surface area contributed by atoms with E-state index in [1.807, 2.05) is 6.07 Å². The van der Waals surface area contributed by atoms with E-state index in [4.69, 9.17) is 4.74 Å². The maximum absolute atomic E-state index is 13.6. The fourth-order valence-corrected chi connectivity index (χ4v) is 6.46. The molecule has 10 heteroatoms. The van der Waals surface area contributed by atoms with Gasteiger partial charge in [0.15, 0.2) is 0 Å². The number of methoxy groups -OCH3 is 1. The van der Waals surface area contributed by atoms with Crippen LogP contribution in [-0.4, -0.2) is 66.9 Å². The number of hydroxylamine groups is 1. The third-order valence-electron chi connectivity index (χ3n) is 6.24. The number of benzene rings is 2. The van der Waals surface area contributed by atoms with Gasteiger partial charge in [-0.15, -0.1) is 0 Å². The molecule has 4 rings (SSSR count). The quantitative estimate of drug-likeness (QED) is 0.517. The van der Waals surface area contributed by atoms with E-state index in [-0.39, 0.29) is 29.7 Å². The van der Waals surface area contributed by atoms with Gasteiger partial charge < -0.3 is 9.64 Å². The number of rotatable bonds is 5. The van der Waals surface area contributed by atoms with Gasteiger partial charge in [-0.25, -0.2) is 13.9 Å². The Morgan fingerprint density at radius 1 is 1.09 bits per heavy atom. The predicted octanol–water partition coefficient (Wildman–Crippen LogP) is 1.49. The first-order chi connectivity index (χ1) is 15.4. The van der Waals surface area contributed by atoms with Crippen LogP contribution in [0.25, 0.3) is 0 Å². The van der Waals surface area contributed by atoms with Crippen LogP contribution in [0.2, 0.25) is 0 Å². The Morgan fingerprint density at radius 2 is 1.78 bits per heavy atom. The summed E-state index contributed by atoms with van der Waals surface area (Å²) in [6, 6.07) is 13.1. The molecule has 0 unspecified atom stereocenters. The van der Waals surface area contributed by atoms with Gasteiger partial charge in [0.25, 0.3) is 11.8 Å². The van der Waals surface area contributed by atoms with Crippen LogP contribution in [0.5, 0.6) is 5.75 Å². The van der Waals surface area contributed by atoms with E-state index in [9.17, 15) is 23.2 Å². The lowest BCUT2D eigenvalue weighted by Crippen LogP contribution is -2.54. The van der Waals surface area contributed by atoms with Crippen LogP contribution in [0.4, 0.5) is 0 Å². The number of amides is 2. The molecule has 0 aromatic heterocycles. The minimum Gasteiger partial charge on any atom is -0.497 e. The van der Waals surface area contributed by atoms with Gasteiger partial charge in [0.05, 0.1) is 12.0 Å². The summed E-state index contributed by atoms with van der Waals surface area (Å²) in [5, 5.41) is 9.24. The molecular weight excluding hydrogens is 434 g/mol. The summed E-state index contributed by atoms with van der Waals surface area (Å²) in [5.74, 6) is -0.561. The number of nitrogens with zero attached hydrogens (tertiary/aromatic N) is 2. The van der Waals surface area contributed by atoms with Crippen LogP contribution in [0.3, 0.4) is 0 Å². The number of sulfonamides is 1. The zero-order valence-electron chi connectivity index (χ0n) is 17.5. The minimum absolute atomic E-state index is 0.0150. The van der Waals surface area contributed by atoms with Crippen molar-refractivity contribution in [2.75, 3.05) is 20.2 Å². The molecule has 0 spiro atoms. The zero-order valence-corrected chi connectivity index (χ0v) is 18.4. The molecular formula is C22H25N3O6S. The second kappa shape index (κ2) is 8.89. The lowest BCUT2D eigenvalue weighted by atomic mass is 9.91. The van der Waals surface area contributed by atoms with Crippen LogP contribution in [0.15, 0.2) is 59.5 Å². The second-order valence-corrected chi connectivity index (χ2v) is 9.81. The molecule has 2 N–H and O–H groups in total. The molecule has 0 saturated carbocycles. The summed E-state index contributed by atoms with van der Waals surface area (Å²) in [4.78, 5) is 27.0. The first-order valence-corrected chi connectivity index (χ1v) is 11.8. The molecule has 9 nitrogen and oxygen atoms in total. The normalized spacial score (nSPS) is 23.4. The van der Waals surface area contributed by atoms with E-state index in [0.717, 1.165) is 4.31 Å². The second-order valence-electron chi connectivity index (χ2n) is 7.97. The maximum atomic E-state index is 13.6. The molecule has 0 radical (unpaired) electrons. The fraction of sp³-hybridized carbons (Fsp3) is 0.364. The van der Waals surface area contributed by atoms with Crippen LogP contribution in [0, 0.1) is 5.92 Å². The predicted molar refractivity (Wildman–Crippen MR) is 115 cm³/mol. The molecule has 32 heavy (non-hydrogen) atoms. The van der Waals surface area contributed by atoms with Gasteiger partial charge in [-0.1, -0.05) is 18.2 Å². The van der Waals surface area contributed by atoms with E-state index in [1.165, 1.54) is 31.4 Å². The molecule has 2 aliphatic heterocycles. The Morgan fingerprint density at radius 3 is 2.41 bits per heavy atom. The Labute approximate surface area is 186 Å². The van der Waals surface area contributed by atoms with E-state index in [2.05, 4.69) is 0 Å². The highest BCUT2D eigenvalue weighted by Gasteiger charge is 2.52. The van der Waals surface area contributed by atoms with Gasteiger partial charge in [0.1, 0.15) is 11.8 Å². The maximum Gasteiger partial charge on any atom is 0.261 e. The average molecular weight is 460 g/mol. The highest BCUT2D eigenvalue weighted by atomic mass is 32.2. The SMILES string of the molecule is COc1ccc(S(=O)(=O)N2[C@H](C(=O)NO)C[C@@H]3CCN(C(=O)c4ccccc4)C[C@@H]32)cc1. The smallest absolute Gasteiger partial charge is 0.261 e. The molecule has 0 aliphatic carbocycles. The van der Waals surface area contributed by atoms with Crippen molar-refractivity contribution in [1.29, 1.82) is 0 Å². The number of fused-ring (bicyclic) bond motifs is 1. The average Bonchev–Trinajstić information content (AvgIpc) is 3.23. The zero-order chi connectivity index (χ0) is 22.9. The third-order valence-corrected chi connectivity index (χ3v) is 8.19. The minimum atomic E-state index is -4.08. The Hall–Kier alpha value is -2.95. The Kier molecular flexibility index (Phi) is 6.18. The number of likely N-dealkylation sites (tertiary alicyclic amines) is 1. The van der Waals surface area contributed by atoms with Crippen molar-refractivity contribution in [2.24, 2.45) is 5.92 Å². The van der Waals surface area contributed by atoms with Crippen LogP contribution in [-0.2, 0) is 14.8 Å². The topological polar surface area (TPSA) is 116 Å². The van der Waals surface area contributed by atoms with Gasteiger partial charge in [-0.05, 0) is 55.2 Å². The number of hydrogen-bond acceptors (Lipinski definition) is 6. The number of piperidine rings is 1. The molecule has 170 valence electrons. The van der Waals surface area contributed by atoms with Crippen molar-refractivity contribution in [2.45, 2.75) is 29.8 Å². The third kappa shape index (κ3) is 3.96. The number of hydrogen-bond donors (Lipinski definition) is 2. The summed E-state index contributed by atoms with van der Waals surface area (Å²) in [7, 11) is -2.60. The van der Waals surface area contributed by atoms with Crippen molar-refractivity contribution in [3.63, 3.8) is 0 Å².